The van der Waals surface area contributed by atoms with Crippen LogP contribution in [-0.4, -0.2) is 17.0 Å². The van der Waals surface area contributed by atoms with E-state index < -0.39 is 0 Å². The molecule has 0 bridgehead atoms. The molecule has 0 aliphatic heterocycles. The van der Waals surface area contributed by atoms with Crippen LogP contribution in [0.15, 0.2) is 0 Å². The van der Waals surface area contributed by atoms with Crippen LogP contribution in [0.2, 0.25) is 0 Å². The number of rotatable bonds is 0. The van der Waals surface area contributed by atoms with E-state index in [1.165, 1.54) is 0 Å². The second-order valence-corrected chi connectivity index (χ2v) is 8.43. The fourth-order valence-electron chi connectivity index (χ4n) is 6.07. The highest BCUT2D eigenvalue weighted by molar-refractivity contribution is 5.87. The van der Waals surface area contributed by atoms with Gasteiger partial charge in [0, 0.05) is 17.3 Å². The summed E-state index contributed by atoms with van der Waals surface area (Å²) in [7, 11) is 0. The third-order valence-electron chi connectivity index (χ3n) is 7.24. The Morgan fingerprint density at radius 3 is 2.37 bits per heavy atom. The van der Waals surface area contributed by atoms with E-state index in [1.807, 2.05) is 0 Å². The summed E-state index contributed by atoms with van der Waals surface area (Å²) < 4.78 is 0. The molecular formula is C17H28O2. The molecule has 3 fully saturated rings. The minimum atomic E-state index is -0.221. The molecule has 3 aliphatic rings. The van der Waals surface area contributed by atoms with E-state index in [0.29, 0.717) is 23.0 Å². The standard InChI is InChI=1S/C17H28O2/c1-15(2)9-8-14(19)17(4)11(15)7-10-16(3)12(17)5-6-13(16)18/h11-12,14,19H,5-10H2,1-4H3/t11-,12-,14+,16+,17-/m1/s1. The number of aliphatic hydroxyl groups is 1. The highest BCUT2D eigenvalue weighted by Gasteiger charge is 2.64. The maximum atomic E-state index is 12.3. The monoisotopic (exact) mass is 264 g/mol. The lowest BCUT2D eigenvalue weighted by Crippen LogP contribution is -2.60. The Bertz CT molecular complexity index is 413. The van der Waals surface area contributed by atoms with Crippen LogP contribution in [-0.2, 0) is 4.79 Å². The fourth-order valence-corrected chi connectivity index (χ4v) is 6.07. The SMILES string of the molecule is CC1(C)CC[C@H](O)[C@]2(C)[C@@H]1CC[C@]1(C)C(=O)CC[C@@H]21. The number of hydrogen-bond donors (Lipinski definition) is 1. The van der Waals surface area contributed by atoms with Crippen molar-refractivity contribution in [3.05, 3.63) is 0 Å². The summed E-state index contributed by atoms with van der Waals surface area (Å²) in [5.41, 5.74) is 0.0987. The Hall–Kier alpha value is -0.370. The second-order valence-electron chi connectivity index (χ2n) is 8.43. The normalized spacial score (nSPS) is 52.7. The van der Waals surface area contributed by atoms with Crippen molar-refractivity contribution in [3.8, 4) is 0 Å². The number of Topliss-reactive ketones (excluding diaryl/α,β-unsaturated/α-hetero) is 1. The van der Waals surface area contributed by atoms with Crippen LogP contribution >= 0.6 is 0 Å². The first-order valence-corrected chi connectivity index (χ1v) is 7.94. The zero-order chi connectivity index (χ0) is 14.1. The Morgan fingerprint density at radius 1 is 1.00 bits per heavy atom. The average molecular weight is 264 g/mol. The summed E-state index contributed by atoms with van der Waals surface area (Å²) in [6.07, 6.45) is 5.67. The molecule has 108 valence electrons. The third kappa shape index (κ3) is 1.55. The number of fused-ring (bicyclic) bond motifs is 3. The van der Waals surface area contributed by atoms with Gasteiger partial charge in [-0.05, 0) is 49.4 Å². The van der Waals surface area contributed by atoms with E-state index in [9.17, 15) is 9.90 Å². The molecule has 2 heteroatoms. The molecule has 0 unspecified atom stereocenters. The van der Waals surface area contributed by atoms with Gasteiger partial charge in [0.2, 0.25) is 0 Å². The summed E-state index contributed by atoms with van der Waals surface area (Å²) in [6.45, 7) is 9.18. The lowest BCUT2D eigenvalue weighted by Gasteiger charge is -2.62. The quantitative estimate of drug-likeness (QED) is 0.726. The molecule has 1 N–H and O–H groups in total. The fraction of sp³-hybridized carbons (Fsp3) is 0.941. The van der Waals surface area contributed by atoms with Crippen molar-refractivity contribution in [2.45, 2.75) is 72.3 Å². The first kappa shape index (κ1) is 13.6. The van der Waals surface area contributed by atoms with E-state index in [4.69, 9.17) is 0 Å². The molecule has 19 heavy (non-hydrogen) atoms. The van der Waals surface area contributed by atoms with Crippen molar-refractivity contribution in [3.63, 3.8) is 0 Å². The van der Waals surface area contributed by atoms with E-state index in [1.54, 1.807) is 0 Å². The largest absolute Gasteiger partial charge is 0.393 e. The zero-order valence-electron chi connectivity index (χ0n) is 12.8. The van der Waals surface area contributed by atoms with Gasteiger partial charge in [-0.3, -0.25) is 4.79 Å². The Morgan fingerprint density at radius 2 is 1.68 bits per heavy atom. The molecule has 0 aromatic carbocycles. The minimum absolute atomic E-state index is 0.0547. The van der Waals surface area contributed by atoms with Crippen LogP contribution in [0, 0.1) is 28.1 Å². The number of hydrogen-bond acceptors (Lipinski definition) is 2. The van der Waals surface area contributed by atoms with Crippen molar-refractivity contribution >= 4 is 5.78 Å². The van der Waals surface area contributed by atoms with Crippen LogP contribution in [0.5, 0.6) is 0 Å². The first-order chi connectivity index (χ1) is 8.73. The number of carbonyl (C=O) groups is 1. The number of ketones is 1. The van der Waals surface area contributed by atoms with Gasteiger partial charge in [0.25, 0.3) is 0 Å². The maximum Gasteiger partial charge on any atom is 0.139 e. The highest BCUT2D eigenvalue weighted by atomic mass is 16.3. The van der Waals surface area contributed by atoms with Gasteiger partial charge in [-0.1, -0.05) is 27.7 Å². The van der Waals surface area contributed by atoms with Gasteiger partial charge in [0.1, 0.15) is 5.78 Å². The molecular weight excluding hydrogens is 236 g/mol. The Labute approximate surface area is 117 Å². The van der Waals surface area contributed by atoms with E-state index in [-0.39, 0.29) is 16.9 Å². The topological polar surface area (TPSA) is 37.3 Å². The third-order valence-corrected chi connectivity index (χ3v) is 7.24. The van der Waals surface area contributed by atoms with Gasteiger partial charge in [-0.25, -0.2) is 0 Å². The van der Waals surface area contributed by atoms with E-state index in [2.05, 4.69) is 27.7 Å². The smallest absolute Gasteiger partial charge is 0.139 e. The molecule has 2 nitrogen and oxygen atoms in total. The molecule has 0 heterocycles. The lowest BCUT2D eigenvalue weighted by molar-refractivity contribution is -0.182. The summed E-state index contributed by atoms with van der Waals surface area (Å²) >= 11 is 0. The van der Waals surface area contributed by atoms with Crippen LogP contribution < -0.4 is 0 Å². The lowest BCUT2D eigenvalue weighted by atomic mass is 9.43. The average Bonchev–Trinajstić information content (AvgIpc) is 2.62. The van der Waals surface area contributed by atoms with Gasteiger partial charge in [-0.15, -0.1) is 0 Å². The van der Waals surface area contributed by atoms with Gasteiger partial charge in [0.15, 0.2) is 0 Å². The summed E-state index contributed by atoms with van der Waals surface area (Å²) in [6, 6.07) is 0. The maximum absolute atomic E-state index is 12.3. The number of aliphatic hydroxyl groups excluding tert-OH is 1. The first-order valence-electron chi connectivity index (χ1n) is 7.94. The Kier molecular flexibility index (Phi) is 2.75. The zero-order valence-corrected chi connectivity index (χ0v) is 12.8. The van der Waals surface area contributed by atoms with E-state index in [0.717, 1.165) is 38.5 Å². The summed E-state index contributed by atoms with van der Waals surface area (Å²) in [5, 5.41) is 10.7. The van der Waals surface area contributed by atoms with Crippen LogP contribution in [0.25, 0.3) is 0 Å². The molecule has 0 aromatic heterocycles. The van der Waals surface area contributed by atoms with Crippen molar-refractivity contribution in [1.29, 1.82) is 0 Å². The molecule has 0 radical (unpaired) electrons. The number of carbonyl (C=O) groups excluding carboxylic acids is 1. The molecule has 3 aliphatic carbocycles. The van der Waals surface area contributed by atoms with Gasteiger partial charge >= 0.3 is 0 Å². The predicted octanol–water partition coefficient (Wildman–Crippen LogP) is 3.57. The predicted molar refractivity (Wildman–Crippen MR) is 75.7 cm³/mol. The molecule has 3 rings (SSSR count). The minimum Gasteiger partial charge on any atom is -0.393 e. The van der Waals surface area contributed by atoms with E-state index >= 15 is 0 Å². The molecule has 5 atom stereocenters. The van der Waals surface area contributed by atoms with Crippen molar-refractivity contribution in [2.75, 3.05) is 0 Å². The van der Waals surface area contributed by atoms with Gasteiger partial charge in [-0.2, -0.15) is 0 Å². The van der Waals surface area contributed by atoms with Crippen LogP contribution in [0.4, 0.5) is 0 Å². The van der Waals surface area contributed by atoms with Crippen LogP contribution in [0.1, 0.15) is 66.2 Å². The molecule has 0 spiro atoms. The Balaban J connectivity index is 2.06. The van der Waals surface area contributed by atoms with Gasteiger partial charge in [0.05, 0.1) is 6.10 Å². The molecule has 0 aromatic rings. The summed E-state index contributed by atoms with van der Waals surface area (Å²) in [5.74, 6) is 1.40. The van der Waals surface area contributed by atoms with Crippen molar-refractivity contribution < 1.29 is 9.90 Å². The second kappa shape index (κ2) is 3.84. The summed E-state index contributed by atoms with van der Waals surface area (Å²) in [4.78, 5) is 12.3. The van der Waals surface area contributed by atoms with Crippen molar-refractivity contribution in [1.82, 2.24) is 0 Å². The van der Waals surface area contributed by atoms with Crippen LogP contribution in [0.3, 0.4) is 0 Å². The van der Waals surface area contributed by atoms with Crippen molar-refractivity contribution in [2.24, 2.45) is 28.1 Å². The van der Waals surface area contributed by atoms with Gasteiger partial charge < -0.3 is 5.11 Å². The highest BCUT2D eigenvalue weighted by Crippen LogP contribution is 2.67. The molecule has 3 saturated carbocycles. The molecule has 0 amide bonds. The molecule has 0 saturated heterocycles.